The van der Waals surface area contributed by atoms with Gasteiger partial charge in [-0.3, -0.25) is 0 Å². The van der Waals surface area contributed by atoms with Crippen LogP contribution in [-0.4, -0.2) is 17.1 Å². The molecule has 3 aromatic rings. The number of hydrogen-bond donors (Lipinski definition) is 2. The van der Waals surface area contributed by atoms with E-state index in [4.69, 9.17) is 0 Å². The van der Waals surface area contributed by atoms with Crippen LogP contribution in [0.2, 0.25) is 0 Å². The highest BCUT2D eigenvalue weighted by Crippen LogP contribution is 2.25. The zero-order valence-electron chi connectivity index (χ0n) is 15.0. The molecular formula is C21H24FN3S. The molecule has 1 fully saturated rings. The Morgan fingerprint density at radius 1 is 1.19 bits per heavy atom. The Balaban J connectivity index is 1.41. The third-order valence-electron chi connectivity index (χ3n) is 5.18. The molecule has 0 radical (unpaired) electrons. The Kier molecular flexibility index (Phi) is 5.18. The molecule has 2 N–H and O–H groups in total. The predicted molar refractivity (Wildman–Crippen MR) is 107 cm³/mol. The number of rotatable bonds is 5. The van der Waals surface area contributed by atoms with E-state index in [-0.39, 0.29) is 5.82 Å². The minimum absolute atomic E-state index is 0.213. The first kappa shape index (κ1) is 17.4. The summed E-state index contributed by atoms with van der Waals surface area (Å²) in [4.78, 5) is 4.69. The van der Waals surface area contributed by atoms with Gasteiger partial charge < -0.3 is 10.6 Å². The first-order chi connectivity index (χ1) is 12.7. The highest BCUT2D eigenvalue weighted by molar-refractivity contribution is 7.07. The van der Waals surface area contributed by atoms with Crippen molar-refractivity contribution in [1.82, 2.24) is 10.3 Å². The Morgan fingerprint density at radius 3 is 2.92 bits per heavy atom. The van der Waals surface area contributed by atoms with Crippen molar-refractivity contribution in [2.45, 2.75) is 51.2 Å². The van der Waals surface area contributed by atoms with Crippen LogP contribution in [-0.2, 0) is 6.54 Å². The van der Waals surface area contributed by atoms with Gasteiger partial charge in [0, 0.05) is 24.0 Å². The van der Waals surface area contributed by atoms with E-state index in [1.807, 2.05) is 13.0 Å². The standard InChI is InChI=1S/C21H24FN3S/c1-14-9-21(25-20-6-5-16(22)10-19(14)20)24-18-4-2-3-17(11-18)23-12-15-7-8-26-13-15/h5-10,13,17-18,23H,2-4,11-12H2,1H3,(H,24,25)/t17-,18-/m1/s1. The minimum Gasteiger partial charge on any atom is -0.367 e. The van der Waals surface area contributed by atoms with E-state index in [9.17, 15) is 4.39 Å². The molecule has 1 aliphatic rings. The summed E-state index contributed by atoms with van der Waals surface area (Å²) in [5, 5.41) is 12.5. The number of halogens is 1. The molecule has 2 aromatic heterocycles. The fraction of sp³-hybridized carbons (Fsp3) is 0.381. The molecule has 0 unspecified atom stereocenters. The summed E-state index contributed by atoms with van der Waals surface area (Å²) in [6, 6.07) is 9.97. The maximum Gasteiger partial charge on any atom is 0.127 e. The number of benzene rings is 1. The predicted octanol–water partition coefficient (Wildman–Crippen LogP) is 5.26. The first-order valence-corrected chi connectivity index (χ1v) is 10.2. The van der Waals surface area contributed by atoms with E-state index >= 15 is 0 Å². The van der Waals surface area contributed by atoms with E-state index in [0.717, 1.165) is 35.2 Å². The van der Waals surface area contributed by atoms with Gasteiger partial charge in [0.25, 0.3) is 0 Å². The van der Waals surface area contributed by atoms with Gasteiger partial charge >= 0.3 is 0 Å². The summed E-state index contributed by atoms with van der Waals surface area (Å²) in [5.74, 6) is 0.681. The molecule has 1 aliphatic carbocycles. The summed E-state index contributed by atoms with van der Waals surface area (Å²) < 4.78 is 13.5. The average Bonchev–Trinajstić information content (AvgIpc) is 3.15. The molecule has 0 amide bonds. The molecule has 2 heterocycles. The van der Waals surface area contributed by atoms with Crippen molar-refractivity contribution in [2.75, 3.05) is 5.32 Å². The monoisotopic (exact) mass is 369 g/mol. The fourth-order valence-electron chi connectivity index (χ4n) is 3.81. The van der Waals surface area contributed by atoms with E-state index in [2.05, 4.69) is 32.4 Å². The maximum atomic E-state index is 13.5. The van der Waals surface area contributed by atoms with Gasteiger partial charge in [-0.25, -0.2) is 9.37 Å². The highest BCUT2D eigenvalue weighted by atomic mass is 32.1. The lowest BCUT2D eigenvalue weighted by Crippen LogP contribution is -2.38. The molecule has 5 heteroatoms. The van der Waals surface area contributed by atoms with Gasteiger partial charge in [0.1, 0.15) is 11.6 Å². The van der Waals surface area contributed by atoms with Crippen LogP contribution >= 0.6 is 11.3 Å². The summed E-state index contributed by atoms with van der Waals surface area (Å²) in [5.41, 5.74) is 3.26. The quantitative estimate of drug-likeness (QED) is 0.644. The van der Waals surface area contributed by atoms with Crippen LogP contribution in [0.3, 0.4) is 0 Å². The van der Waals surface area contributed by atoms with Crippen molar-refractivity contribution in [3.63, 3.8) is 0 Å². The van der Waals surface area contributed by atoms with Gasteiger partial charge in [-0.15, -0.1) is 0 Å². The number of pyridine rings is 1. The number of aromatic nitrogens is 1. The molecule has 26 heavy (non-hydrogen) atoms. The summed E-state index contributed by atoms with van der Waals surface area (Å²) in [6.45, 7) is 2.96. The lowest BCUT2D eigenvalue weighted by Gasteiger charge is -2.31. The van der Waals surface area contributed by atoms with Gasteiger partial charge in [0.15, 0.2) is 0 Å². The topological polar surface area (TPSA) is 37.0 Å². The molecule has 0 bridgehead atoms. The van der Waals surface area contributed by atoms with Crippen LogP contribution < -0.4 is 10.6 Å². The van der Waals surface area contributed by atoms with E-state index in [0.29, 0.717) is 12.1 Å². The largest absolute Gasteiger partial charge is 0.367 e. The number of nitrogens with one attached hydrogen (secondary N) is 2. The van der Waals surface area contributed by atoms with Crippen molar-refractivity contribution in [3.8, 4) is 0 Å². The second-order valence-electron chi connectivity index (χ2n) is 7.20. The molecule has 2 atom stereocenters. The van der Waals surface area contributed by atoms with E-state index in [1.54, 1.807) is 23.5 Å². The summed E-state index contributed by atoms with van der Waals surface area (Å²) in [7, 11) is 0. The molecule has 0 spiro atoms. The van der Waals surface area contributed by atoms with Crippen molar-refractivity contribution in [3.05, 3.63) is 58.0 Å². The number of anilines is 1. The van der Waals surface area contributed by atoms with Crippen LogP contribution in [0.25, 0.3) is 10.9 Å². The number of nitrogens with zero attached hydrogens (tertiary/aromatic N) is 1. The Hall–Kier alpha value is -1.98. The molecule has 136 valence electrons. The SMILES string of the molecule is Cc1cc(N[C@@H]2CCC[C@@H](NCc3ccsc3)C2)nc2ccc(F)cc12. The summed E-state index contributed by atoms with van der Waals surface area (Å²) >= 11 is 1.75. The lowest BCUT2D eigenvalue weighted by atomic mass is 9.91. The molecule has 3 nitrogen and oxygen atoms in total. The van der Waals surface area contributed by atoms with Gasteiger partial charge in [0.05, 0.1) is 5.52 Å². The Labute approximate surface area is 157 Å². The van der Waals surface area contributed by atoms with Crippen molar-refractivity contribution in [1.29, 1.82) is 0 Å². The number of hydrogen-bond acceptors (Lipinski definition) is 4. The average molecular weight is 370 g/mol. The molecular weight excluding hydrogens is 345 g/mol. The smallest absolute Gasteiger partial charge is 0.127 e. The van der Waals surface area contributed by atoms with Crippen molar-refractivity contribution < 1.29 is 4.39 Å². The van der Waals surface area contributed by atoms with Gasteiger partial charge in [0.2, 0.25) is 0 Å². The second kappa shape index (κ2) is 7.72. The van der Waals surface area contributed by atoms with Crippen molar-refractivity contribution >= 4 is 28.1 Å². The van der Waals surface area contributed by atoms with Crippen molar-refractivity contribution in [2.24, 2.45) is 0 Å². The van der Waals surface area contributed by atoms with Crippen LogP contribution in [0.5, 0.6) is 0 Å². The summed E-state index contributed by atoms with van der Waals surface area (Å²) in [6.07, 6.45) is 4.72. The third-order valence-corrected chi connectivity index (χ3v) is 5.91. The lowest BCUT2D eigenvalue weighted by molar-refractivity contribution is 0.350. The second-order valence-corrected chi connectivity index (χ2v) is 7.98. The first-order valence-electron chi connectivity index (χ1n) is 9.25. The Morgan fingerprint density at radius 2 is 2.08 bits per heavy atom. The van der Waals surface area contributed by atoms with E-state index in [1.165, 1.54) is 30.9 Å². The van der Waals surface area contributed by atoms with Crippen LogP contribution in [0.4, 0.5) is 10.2 Å². The zero-order chi connectivity index (χ0) is 17.9. The number of thiophene rings is 1. The molecule has 4 rings (SSSR count). The third kappa shape index (κ3) is 4.05. The van der Waals surface area contributed by atoms with Gasteiger partial charge in [-0.05, 0) is 84.8 Å². The van der Waals surface area contributed by atoms with Crippen LogP contribution in [0, 0.1) is 12.7 Å². The molecule has 0 aliphatic heterocycles. The molecule has 1 saturated carbocycles. The zero-order valence-corrected chi connectivity index (χ0v) is 15.8. The maximum absolute atomic E-state index is 13.5. The fourth-order valence-corrected chi connectivity index (χ4v) is 4.48. The van der Waals surface area contributed by atoms with E-state index < -0.39 is 0 Å². The highest BCUT2D eigenvalue weighted by Gasteiger charge is 2.22. The van der Waals surface area contributed by atoms with Crippen LogP contribution in [0.15, 0.2) is 41.1 Å². The minimum atomic E-state index is -0.213. The van der Waals surface area contributed by atoms with Crippen LogP contribution in [0.1, 0.15) is 36.8 Å². The van der Waals surface area contributed by atoms with Gasteiger partial charge in [-0.2, -0.15) is 11.3 Å². The number of fused-ring (bicyclic) bond motifs is 1. The normalized spacial score (nSPS) is 20.4. The molecule has 1 aromatic carbocycles. The number of aryl methyl sites for hydroxylation is 1. The Bertz CT molecular complexity index is 878. The van der Waals surface area contributed by atoms with Gasteiger partial charge in [-0.1, -0.05) is 0 Å². The molecule has 0 saturated heterocycles.